The van der Waals surface area contributed by atoms with Crippen LogP contribution in [-0.4, -0.2) is 6.17 Å². The van der Waals surface area contributed by atoms with Crippen molar-refractivity contribution in [1.82, 2.24) is 0 Å². The molecule has 2 unspecified atom stereocenters. The molecule has 2 saturated carbocycles. The third-order valence-electron chi connectivity index (χ3n) is 9.94. The van der Waals surface area contributed by atoms with Gasteiger partial charge >= 0.3 is 0 Å². The quantitative estimate of drug-likeness (QED) is 0.172. The van der Waals surface area contributed by atoms with Crippen LogP contribution < -0.4 is 0 Å². The summed E-state index contributed by atoms with van der Waals surface area (Å²) in [6.45, 7) is 25.5. The van der Waals surface area contributed by atoms with Crippen molar-refractivity contribution < 1.29 is 17.6 Å². The number of halogens is 4. The molecule has 0 saturated heterocycles. The molecule has 278 valence electrons. The molecule has 8 heteroatoms. The van der Waals surface area contributed by atoms with Crippen LogP contribution in [-0.2, 0) is 0 Å². The second-order valence-corrected chi connectivity index (χ2v) is 14.7. The van der Waals surface area contributed by atoms with E-state index in [0.717, 1.165) is 42.7 Å². The average molecular weight is 715 g/mol. The molecule has 0 heterocycles. The Balaban J connectivity index is 0.000000326. The maximum atomic E-state index is 13.0. The minimum absolute atomic E-state index is 0.00646. The minimum atomic E-state index is -0.736. The molecule has 2 fully saturated rings. The first-order chi connectivity index (χ1) is 24.4. The average Bonchev–Trinajstić information content (AvgIpc) is 3.12. The van der Waals surface area contributed by atoms with Gasteiger partial charge in [-0.3, -0.25) is 0 Å². The van der Waals surface area contributed by atoms with E-state index in [9.17, 15) is 17.6 Å². The van der Waals surface area contributed by atoms with Gasteiger partial charge < -0.3 is 0 Å². The second kappa shape index (κ2) is 21.6. The number of benzene rings is 3. The summed E-state index contributed by atoms with van der Waals surface area (Å²) < 4.78 is 51.1. The smallest absolute Gasteiger partial charge is 0.207 e. The van der Waals surface area contributed by atoms with Gasteiger partial charge in [0.15, 0.2) is 11.6 Å². The lowest BCUT2D eigenvalue weighted by atomic mass is 9.73. The van der Waals surface area contributed by atoms with Crippen LogP contribution in [0, 0.1) is 123 Å². The molecule has 0 bridgehead atoms. The molecule has 0 N–H and O–H groups in total. The first kappa shape index (κ1) is 45.4. The van der Waals surface area contributed by atoms with Crippen molar-refractivity contribution in [3.05, 3.63) is 110 Å². The molecule has 3 atom stereocenters. The summed E-state index contributed by atoms with van der Waals surface area (Å²) in [7, 11) is 0. The van der Waals surface area contributed by atoms with E-state index in [1.165, 1.54) is 33.1 Å². The van der Waals surface area contributed by atoms with Crippen LogP contribution in [0.3, 0.4) is 0 Å². The van der Waals surface area contributed by atoms with E-state index in [2.05, 4.69) is 31.7 Å². The van der Waals surface area contributed by atoms with Crippen molar-refractivity contribution in [3.63, 3.8) is 0 Å². The van der Waals surface area contributed by atoms with Gasteiger partial charge in [-0.2, -0.15) is 15.8 Å². The van der Waals surface area contributed by atoms with E-state index in [-0.39, 0.29) is 11.0 Å². The van der Waals surface area contributed by atoms with E-state index in [1.54, 1.807) is 38.1 Å². The highest BCUT2D eigenvalue weighted by molar-refractivity contribution is 5.65. The molecule has 3 aromatic rings. The van der Waals surface area contributed by atoms with Gasteiger partial charge in [-0.1, -0.05) is 63.6 Å². The van der Waals surface area contributed by atoms with Crippen LogP contribution >= 0.6 is 0 Å². The first-order valence-electron chi connectivity index (χ1n) is 17.9. The molecule has 0 aromatic heterocycles. The van der Waals surface area contributed by atoms with E-state index in [0.29, 0.717) is 45.3 Å². The molecular formula is C44H54F4N4. The highest BCUT2D eigenvalue weighted by Gasteiger charge is 2.29. The monoisotopic (exact) mass is 714 g/mol. The fourth-order valence-electron chi connectivity index (χ4n) is 5.71. The number of rotatable bonds is 0. The third-order valence-corrected chi connectivity index (χ3v) is 9.94. The van der Waals surface area contributed by atoms with Gasteiger partial charge in [0.25, 0.3) is 0 Å². The van der Waals surface area contributed by atoms with Crippen molar-refractivity contribution in [2.24, 2.45) is 23.2 Å². The van der Waals surface area contributed by atoms with Crippen LogP contribution in [0.1, 0.15) is 117 Å². The molecule has 0 radical (unpaired) electrons. The third kappa shape index (κ3) is 13.8. The van der Waals surface area contributed by atoms with Crippen molar-refractivity contribution in [2.75, 3.05) is 0 Å². The Hall–Kier alpha value is -4.66. The standard InChI is InChI=1S/C10H8N2.C9H8FN.C9H15N.C8H8F2.C8H15F/c1-7-4-5-8(2)10(12-3)9(7)6-11;1-6-3-4-7(2)9(10)8(6)5-11;1-8-3-5-9(2,7-10)6-4-8;1-5-3-4-6(2)8(10)7(5)9;1-6-3-4-7(2)8(9)5-6/h4-5H,1-2H3;3-4H,1-2H3;8H,3-6H2,1-2H3;3-4H,1-2H3;6-8H,3-5H2,1-2H3/t;;;;6?,7-,8?/m....1/s1. The molecule has 2 aliphatic rings. The van der Waals surface area contributed by atoms with Crippen LogP contribution in [0.25, 0.3) is 4.85 Å². The van der Waals surface area contributed by atoms with Crippen LogP contribution in [0.2, 0.25) is 0 Å². The zero-order valence-corrected chi connectivity index (χ0v) is 32.5. The lowest BCUT2D eigenvalue weighted by Crippen LogP contribution is -2.22. The Morgan fingerprint density at radius 1 is 0.635 bits per heavy atom. The van der Waals surface area contributed by atoms with Crippen molar-refractivity contribution in [2.45, 2.75) is 120 Å². The Bertz CT molecular complexity index is 1730. The fraction of sp³-hybridized carbons (Fsp3) is 0.500. The van der Waals surface area contributed by atoms with E-state index in [4.69, 9.17) is 22.4 Å². The van der Waals surface area contributed by atoms with Crippen LogP contribution in [0.15, 0.2) is 36.4 Å². The lowest BCUT2D eigenvalue weighted by molar-refractivity contribution is 0.145. The summed E-state index contributed by atoms with van der Waals surface area (Å²) in [6, 6.07) is 16.5. The minimum Gasteiger partial charge on any atom is -0.247 e. The van der Waals surface area contributed by atoms with Crippen molar-refractivity contribution >= 4 is 5.69 Å². The van der Waals surface area contributed by atoms with Gasteiger partial charge in [-0.25, -0.2) is 22.4 Å². The molecular weight excluding hydrogens is 661 g/mol. The summed E-state index contributed by atoms with van der Waals surface area (Å²) in [5, 5.41) is 26.1. The Labute approximate surface area is 309 Å². The molecule has 0 amide bonds. The molecule has 4 nitrogen and oxygen atoms in total. The largest absolute Gasteiger partial charge is 0.247 e. The summed E-state index contributed by atoms with van der Waals surface area (Å²) in [5.41, 5.74) is 4.80. The van der Waals surface area contributed by atoms with Gasteiger partial charge in [0, 0.05) is 0 Å². The molecule has 5 rings (SSSR count). The topological polar surface area (TPSA) is 75.7 Å². The van der Waals surface area contributed by atoms with Crippen molar-refractivity contribution in [3.8, 4) is 18.2 Å². The Kier molecular flexibility index (Phi) is 18.9. The van der Waals surface area contributed by atoms with E-state index >= 15 is 0 Å². The fourth-order valence-corrected chi connectivity index (χ4v) is 5.71. The van der Waals surface area contributed by atoms with Gasteiger partial charge in [0.2, 0.25) is 5.69 Å². The predicted octanol–water partition coefficient (Wildman–Crippen LogP) is 13.1. The maximum Gasteiger partial charge on any atom is 0.207 e. The second-order valence-electron chi connectivity index (χ2n) is 14.7. The molecule has 52 heavy (non-hydrogen) atoms. The van der Waals surface area contributed by atoms with Crippen LogP contribution in [0.4, 0.5) is 23.2 Å². The van der Waals surface area contributed by atoms with Gasteiger partial charge in [0.1, 0.15) is 18.1 Å². The van der Waals surface area contributed by atoms with Gasteiger partial charge in [-0.05, 0) is 138 Å². The number of nitrogens with zero attached hydrogens (tertiary/aromatic N) is 4. The number of aryl methyl sites for hydroxylation is 6. The highest BCUT2D eigenvalue weighted by atomic mass is 19.2. The van der Waals surface area contributed by atoms with Crippen molar-refractivity contribution in [1.29, 1.82) is 15.8 Å². The Morgan fingerprint density at radius 2 is 1.06 bits per heavy atom. The van der Waals surface area contributed by atoms with Gasteiger partial charge in [-0.15, -0.1) is 0 Å². The Morgan fingerprint density at radius 3 is 1.42 bits per heavy atom. The highest BCUT2D eigenvalue weighted by Crippen LogP contribution is 2.37. The van der Waals surface area contributed by atoms with E-state index < -0.39 is 23.6 Å². The van der Waals surface area contributed by atoms with Gasteiger partial charge in [0.05, 0.1) is 35.3 Å². The number of hydrogen-bond donors (Lipinski definition) is 0. The summed E-state index contributed by atoms with van der Waals surface area (Å²) in [6.07, 6.45) is 7.27. The first-order valence-corrected chi connectivity index (χ1v) is 17.9. The number of nitriles is 3. The molecule has 3 aromatic carbocycles. The number of alkyl halides is 1. The molecule has 0 aliphatic heterocycles. The summed E-state index contributed by atoms with van der Waals surface area (Å²) in [5.74, 6) is -0.0775. The summed E-state index contributed by atoms with van der Waals surface area (Å²) in [4.78, 5) is 3.33. The zero-order chi connectivity index (χ0) is 39.8. The molecule has 2 aliphatic carbocycles. The maximum absolute atomic E-state index is 13.0. The predicted molar refractivity (Wildman–Crippen MR) is 202 cm³/mol. The SMILES string of the molecule is CC1CCC(C)(C#N)CC1.CC1CC[C@@H](C)C(F)C1.Cc1ccc(C)c(C#N)c1F.Cc1ccc(C)c(F)c1F.[C-]#[N+]c1c(C)ccc(C)c1C#N. The lowest BCUT2D eigenvalue weighted by Gasteiger charge is -2.29. The summed E-state index contributed by atoms with van der Waals surface area (Å²) >= 11 is 0. The normalized spacial score (nSPS) is 21.5. The van der Waals surface area contributed by atoms with E-state index in [1.807, 2.05) is 45.0 Å². The number of hydrogen-bond acceptors (Lipinski definition) is 3. The van der Waals surface area contributed by atoms with Crippen LogP contribution in [0.5, 0.6) is 0 Å². The molecule has 0 spiro atoms. The zero-order valence-electron chi connectivity index (χ0n) is 32.5.